The Morgan fingerprint density at radius 3 is 2.63 bits per heavy atom. The summed E-state index contributed by atoms with van der Waals surface area (Å²) < 4.78 is 46.2. The maximum atomic E-state index is 13.6. The molecular weight excluding hydrogens is 496 g/mol. The van der Waals surface area contributed by atoms with Gasteiger partial charge in [0.1, 0.15) is 24.3 Å². The Morgan fingerprint density at radius 2 is 1.94 bits per heavy atom. The number of methoxy groups -OCH3 is 1. The Kier molecular flexibility index (Phi) is 7.64. The molecule has 0 aliphatic carbocycles. The van der Waals surface area contributed by atoms with Crippen molar-refractivity contribution in [3.8, 4) is 17.3 Å². The highest BCUT2D eigenvalue weighted by Gasteiger charge is 2.37. The zero-order chi connectivity index (χ0) is 25.2. The van der Waals surface area contributed by atoms with Crippen LogP contribution in [0.25, 0.3) is 11.4 Å². The Balaban J connectivity index is 1.70. The van der Waals surface area contributed by atoms with Crippen LogP contribution in [-0.4, -0.2) is 69.8 Å². The molecule has 1 aliphatic rings. The van der Waals surface area contributed by atoms with Crippen LogP contribution in [0.1, 0.15) is 44.6 Å². The standard InChI is InChI=1S/C22H27ClN6O5S/c1-13(2)34-19(20-25-8-15(23)9-26-20)14(3)35(30,31)12-18-27-28-21-17-6-5-7-24-22(17)33-11-16(10-32-4)29(18)21/h5-9,13-14,16,19H,10-12H2,1-4H3/t14-,16+,19+/m0/s1. The molecule has 11 nitrogen and oxygen atoms in total. The minimum atomic E-state index is -3.81. The van der Waals surface area contributed by atoms with Crippen LogP contribution >= 0.6 is 11.6 Å². The average Bonchev–Trinajstić information content (AvgIpc) is 3.15. The highest BCUT2D eigenvalue weighted by molar-refractivity contribution is 7.91. The second-order valence-corrected chi connectivity index (χ2v) is 11.3. The van der Waals surface area contributed by atoms with Gasteiger partial charge in [-0.05, 0) is 32.9 Å². The van der Waals surface area contributed by atoms with E-state index in [2.05, 4.69) is 25.1 Å². The van der Waals surface area contributed by atoms with E-state index in [1.807, 2.05) is 19.9 Å². The molecule has 0 radical (unpaired) electrons. The minimum absolute atomic E-state index is 0.225. The third-order valence-electron chi connectivity index (χ3n) is 5.55. The monoisotopic (exact) mass is 522 g/mol. The molecule has 0 N–H and O–H groups in total. The van der Waals surface area contributed by atoms with Gasteiger partial charge in [-0.3, -0.25) is 0 Å². The number of hydrogen-bond donors (Lipinski definition) is 0. The molecule has 0 unspecified atom stereocenters. The highest BCUT2D eigenvalue weighted by atomic mass is 35.5. The van der Waals surface area contributed by atoms with Gasteiger partial charge in [-0.15, -0.1) is 10.2 Å². The average molecular weight is 523 g/mol. The number of hydrogen-bond acceptors (Lipinski definition) is 10. The summed E-state index contributed by atoms with van der Waals surface area (Å²) in [5, 5.41) is 7.92. The number of aromatic nitrogens is 6. The van der Waals surface area contributed by atoms with Gasteiger partial charge in [0, 0.05) is 25.7 Å². The molecule has 0 fully saturated rings. The number of ether oxygens (including phenoxy) is 3. The van der Waals surface area contributed by atoms with Crippen molar-refractivity contribution in [3.05, 3.63) is 47.4 Å². The predicted octanol–water partition coefficient (Wildman–Crippen LogP) is 2.83. The van der Waals surface area contributed by atoms with Crippen molar-refractivity contribution >= 4 is 21.4 Å². The van der Waals surface area contributed by atoms with Gasteiger partial charge in [0.05, 0.1) is 34.6 Å². The number of halogens is 1. The zero-order valence-corrected chi connectivity index (χ0v) is 21.4. The van der Waals surface area contributed by atoms with E-state index in [1.165, 1.54) is 12.4 Å². The van der Waals surface area contributed by atoms with Crippen LogP contribution in [0.15, 0.2) is 30.7 Å². The first-order valence-corrected chi connectivity index (χ1v) is 13.2. The number of pyridine rings is 1. The quantitative estimate of drug-likeness (QED) is 0.413. The molecule has 3 atom stereocenters. The fourth-order valence-electron chi connectivity index (χ4n) is 3.87. The molecule has 0 spiro atoms. The topological polar surface area (TPSA) is 131 Å². The van der Waals surface area contributed by atoms with Crippen molar-refractivity contribution in [1.29, 1.82) is 0 Å². The summed E-state index contributed by atoms with van der Waals surface area (Å²) in [4.78, 5) is 12.7. The van der Waals surface area contributed by atoms with Crippen LogP contribution in [0.3, 0.4) is 0 Å². The van der Waals surface area contributed by atoms with Crippen molar-refractivity contribution in [1.82, 2.24) is 29.7 Å². The number of sulfone groups is 1. The van der Waals surface area contributed by atoms with Crippen LogP contribution in [0, 0.1) is 0 Å². The molecule has 0 aromatic carbocycles. The van der Waals surface area contributed by atoms with Crippen molar-refractivity contribution < 1.29 is 22.6 Å². The SMILES string of the molecule is COC[C@@H]1COc2ncccc2-c2nnc(CS(=O)(=O)[C@@H](C)[C@@H](OC(C)C)c3ncc(Cl)cn3)n21. The maximum absolute atomic E-state index is 13.6. The van der Waals surface area contributed by atoms with Crippen molar-refractivity contribution in [2.24, 2.45) is 0 Å². The first-order valence-electron chi connectivity index (χ1n) is 11.1. The fraction of sp³-hybridized carbons (Fsp3) is 0.500. The second-order valence-electron chi connectivity index (χ2n) is 8.46. The molecule has 13 heteroatoms. The molecule has 3 aromatic heterocycles. The van der Waals surface area contributed by atoms with E-state index in [1.54, 1.807) is 30.9 Å². The molecule has 1 aliphatic heterocycles. The zero-order valence-electron chi connectivity index (χ0n) is 19.8. The molecule has 0 amide bonds. The van der Waals surface area contributed by atoms with Crippen LogP contribution < -0.4 is 4.74 Å². The summed E-state index contributed by atoms with van der Waals surface area (Å²) in [6, 6.07) is 3.22. The van der Waals surface area contributed by atoms with Gasteiger partial charge < -0.3 is 18.8 Å². The summed E-state index contributed by atoms with van der Waals surface area (Å²) in [5.74, 6) is 1.02. The lowest BCUT2D eigenvalue weighted by Gasteiger charge is -2.25. The first-order chi connectivity index (χ1) is 16.7. The number of rotatable bonds is 9. The van der Waals surface area contributed by atoms with Crippen LogP contribution in [0.5, 0.6) is 5.88 Å². The molecule has 188 valence electrons. The molecule has 0 saturated heterocycles. The Morgan fingerprint density at radius 1 is 1.20 bits per heavy atom. The lowest BCUT2D eigenvalue weighted by Crippen LogP contribution is -2.32. The van der Waals surface area contributed by atoms with Crippen LogP contribution in [0.4, 0.5) is 0 Å². The summed E-state index contributed by atoms with van der Waals surface area (Å²) in [7, 11) is -2.24. The van der Waals surface area contributed by atoms with Crippen LogP contribution in [-0.2, 0) is 25.1 Å². The predicted molar refractivity (Wildman–Crippen MR) is 128 cm³/mol. The van der Waals surface area contributed by atoms with E-state index < -0.39 is 21.2 Å². The van der Waals surface area contributed by atoms with Gasteiger partial charge in [0.15, 0.2) is 21.5 Å². The van der Waals surface area contributed by atoms with E-state index in [-0.39, 0.29) is 42.8 Å². The lowest BCUT2D eigenvalue weighted by atomic mass is 10.2. The van der Waals surface area contributed by atoms with Crippen LogP contribution in [0.2, 0.25) is 5.02 Å². The van der Waals surface area contributed by atoms with E-state index in [9.17, 15) is 8.42 Å². The summed E-state index contributed by atoms with van der Waals surface area (Å²) in [5.41, 5.74) is 0.630. The van der Waals surface area contributed by atoms with Crippen molar-refractivity contribution in [3.63, 3.8) is 0 Å². The molecule has 0 saturated carbocycles. The van der Waals surface area contributed by atoms with Gasteiger partial charge in [-0.1, -0.05) is 11.6 Å². The Labute approximate surface area is 208 Å². The van der Waals surface area contributed by atoms with E-state index >= 15 is 0 Å². The molecule has 0 bridgehead atoms. The van der Waals surface area contributed by atoms with Gasteiger partial charge in [-0.25, -0.2) is 23.4 Å². The summed E-state index contributed by atoms with van der Waals surface area (Å²) >= 11 is 5.92. The molecule has 35 heavy (non-hydrogen) atoms. The van der Waals surface area contributed by atoms with Crippen molar-refractivity contribution in [2.45, 2.75) is 50.0 Å². The number of nitrogens with zero attached hydrogens (tertiary/aromatic N) is 6. The first kappa shape index (κ1) is 25.4. The fourth-order valence-corrected chi connectivity index (χ4v) is 5.35. The number of fused-ring (bicyclic) bond motifs is 3. The van der Waals surface area contributed by atoms with Gasteiger partial charge in [0.25, 0.3) is 0 Å². The van der Waals surface area contributed by atoms with Crippen molar-refractivity contribution in [2.75, 3.05) is 20.3 Å². The molecule has 3 aromatic rings. The van der Waals surface area contributed by atoms with Gasteiger partial charge in [-0.2, -0.15) is 0 Å². The van der Waals surface area contributed by atoms with E-state index in [0.717, 1.165) is 0 Å². The van der Waals surface area contributed by atoms with Gasteiger partial charge >= 0.3 is 0 Å². The summed E-state index contributed by atoms with van der Waals surface area (Å²) in [6.45, 7) is 5.72. The van der Waals surface area contributed by atoms with Gasteiger partial charge in [0.2, 0.25) is 5.88 Å². The normalized spacial score (nSPS) is 17.3. The third kappa shape index (κ3) is 5.45. The lowest BCUT2D eigenvalue weighted by molar-refractivity contribution is 0.00142. The third-order valence-corrected chi connectivity index (χ3v) is 7.79. The largest absolute Gasteiger partial charge is 0.475 e. The maximum Gasteiger partial charge on any atom is 0.224 e. The van der Waals surface area contributed by atoms with E-state index in [0.29, 0.717) is 22.3 Å². The Bertz CT molecular complexity index is 1270. The molecular formula is C22H27ClN6O5S. The second kappa shape index (κ2) is 10.5. The smallest absolute Gasteiger partial charge is 0.224 e. The minimum Gasteiger partial charge on any atom is -0.475 e. The molecule has 4 rings (SSSR count). The highest BCUT2D eigenvalue weighted by Crippen LogP contribution is 2.34. The summed E-state index contributed by atoms with van der Waals surface area (Å²) in [6.07, 6.45) is 3.30. The Hall–Kier alpha value is -2.67. The van der Waals surface area contributed by atoms with E-state index in [4.69, 9.17) is 25.8 Å². The molecule has 4 heterocycles.